The number of carbonyl (C=O) groups excluding carboxylic acids is 3. The Balaban J connectivity index is 1.66. The minimum atomic E-state index is -1.40. The molecule has 290 valence electrons. The molecule has 3 amide bonds. The number of alkyl carbamates (subject to hydrolysis) is 1. The smallest absolute Gasteiger partial charge is 0.407 e. The zero-order valence-electron chi connectivity index (χ0n) is 31.8. The molecule has 0 unspecified atom stereocenters. The fraction of sp³-hybridized carbons (Fsp3) is 0.488. The summed E-state index contributed by atoms with van der Waals surface area (Å²) in [6, 6.07) is 25.6. The van der Waals surface area contributed by atoms with Gasteiger partial charge in [-0.15, -0.1) is 0 Å². The van der Waals surface area contributed by atoms with Gasteiger partial charge in [0.25, 0.3) is 0 Å². The number of nitrogens with zero attached hydrogens (tertiary/aromatic N) is 1. The molecule has 3 rings (SSSR count). The average molecular weight is 734 g/mol. The Morgan fingerprint density at radius 1 is 0.717 bits per heavy atom. The van der Waals surface area contributed by atoms with E-state index in [-0.39, 0.29) is 39.1 Å². The van der Waals surface area contributed by atoms with E-state index in [9.17, 15) is 29.7 Å². The first kappa shape index (κ1) is 42.9. The maximum absolute atomic E-state index is 13.8. The quantitative estimate of drug-likeness (QED) is 0.116. The minimum Gasteiger partial charge on any atom is -0.530 e. The number of nitrogens with one attached hydrogen (secondary N) is 3. The van der Waals surface area contributed by atoms with Gasteiger partial charge in [0.1, 0.15) is 18.7 Å². The molecule has 0 aliphatic heterocycles. The summed E-state index contributed by atoms with van der Waals surface area (Å²) in [7, 11) is 0. The number of carboxylic acid groups (broad SMARTS) is 1. The van der Waals surface area contributed by atoms with Crippen LogP contribution < -0.4 is 21.1 Å². The molecule has 3 aromatic rings. The first-order valence-electron chi connectivity index (χ1n) is 18.1. The van der Waals surface area contributed by atoms with Gasteiger partial charge in [0.05, 0.1) is 37.5 Å². The predicted molar refractivity (Wildman–Crippen MR) is 202 cm³/mol. The summed E-state index contributed by atoms with van der Waals surface area (Å²) in [5.41, 5.74) is 1.13. The summed E-state index contributed by atoms with van der Waals surface area (Å²) in [6.45, 7) is 11.1. The third kappa shape index (κ3) is 14.8. The van der Waals surface area contributed by atoms with Crippen LogP contribution in [-0.2, 0) is 33.7 Å². The molecule has 0 spiro atoms. The van der Waals surface area contributed by atoms with E-state index in [2.05, 4.69) is 16.0 Å². The zero-order chi connectivity index (χ0) is 39.0. The van der Waals surface area contributed by atoms with Crippen molar-refractivity contribution in [2.75, 3.05) is 26.3 Å². The van der Waals surface area contributed by atoms with Crippen LogP contribution in [0.5, 0.6) is 0 Å². The summed E-state index contributed by atoms with van der Waals surface area (Å²) in [4.78, 5) is 40.0. The molecule has 0 heterocycles. The predicted octanol–water partition coefficient (Wildman–Crippen LogP) is 3.44. The lowest BCUT2D eigenvalue weighted by Crippen LogP contribution is -2.62. The van der Waals surface area contributed by atoms with Crippen molar-refractivity contribution in [3.8, 4) is 0 Å². The molecule has 0 radical (unpaired) electrons. The van der Waals surface area contributed by atoms with E-state index in [4.69, 9.17) is 9.47 Å². The van der Waals surface area contributed by atoms with E-state index in [1.165, 1.54) is 0 Å². The lowest BCUT2D eigenvalue weighted by Gasteiger charge is -2.45. The summed E-state index contributed by atoms with van der Waals surface area (Å²) in [5.74, 6) is -0.507. The molecule has 12 nitrogen and oxygen atoms in total. The van der Waals surface area contributed by atoms with Gasteiger partial charge >= 0.3 is 6.09 Å². The number of carbonyl (C=O) groups is 3. The highest BCUT2D eigenvalue weighted by Gasteiger charge is 2.36. The van der Waals surface area contributed by atoms with Gasteiger partial charge in [0.2, 0.25) is 5.91 Å². The van der Waals surface area contributed by atoms with Crippen LogP contribution in [-0.4, -0.2) is 95.4 Å². The van der Waals surface area contributed by atoms with Crippen molar-refractivity contribution in [1.82, 2.24) is 20.9 Å². The lowest BCUT2D eigenvalue weighted by molar-refractivity contribution is -0.275. The second kappa shape index (κ2) is 20.7. The molecule has 0 saturated heterocycles. The van der Waals surface area contributed by atoms with Gasteiger partial charge in [-0.2, -0.15) is 0 Å². The molecule has 0 saturated carbocycles. The number of rotatable bonds is 19. The highest BCUT2D eigenvalue weighted by molar-refractivity contribution is 5.86. The summed E-state index contributed by atoms with van der Waals surface area (Å²) in [6.07, 6.45) is -3.94. The summed E-state index contributed by atoms with van der Waals surface area (Å²) in [5, 5.41) is 43.8. The van der Waals surface area contributed by atoms with Gasteiger partial charge in [0, 0.05) is 18.6 Å². The largest absolute Gasteiger partial charge is 0.530 e. The monoisotopic (exact) mass is 733 g/mol. The van der Waals surface area contributed by atoms with Crippen molar-refractivity contribution in [3.63, 3.8) is 0 Å². The number of aliphatic hydroxyl groups is 2. The highest BCUT2D eigenvalue weighted by Crippen LogP contribution is 2.23. The number of aliphatic hydroxyl groups excluding tert-OH is 2. The molecule has 3 aromatic carbocycles. The van der Waals surface area contributed by atoms with Gasteiger partial charge in [0.15, 0.2) is 0 Å². The minimum absolute atomic E-state index is 0.00723. The Kier molecular flexibility index (Phi) is 16.7. The topological polar surface area (TPSA) is 173 Å². The van der Waals surface area contributed by atoms with Crippen LogP contribution in [0.2, 0.25) is 0 Å². The zero-order valence-corrected chi connectivity index (χ0v) is 31.8. The van der Waals surface area contributed by atoms with E-state index < -0.39 is 59.4 Å². The first-order chi connectivity index (χ1) is 25.1. The van der Waals surface area contributed by atoms with E-state index in [1.807, 2.05) is 112 Å². The molecule has 0 aliphatic rings. The standard InChI is InChI=1S/C41H58N4O8/c1-40(2,3)36(44-38(49)53-23-22-52-28-31-20-14-9-15-21-31)37(48)43-32(24-29-16-10-7-11-17-29)34(46)26-42-27-35(47)33(25-30-18-12-8-13-19-30)45(39(50)51)41(4,5)6/h7-21,32-36,42,46-47H,22-28H2,1-6H3,(H,43,48)(H,44,49)(H,50,51)/p-1/t32-,33-,34+,35+,36+/m0/s1. The molecule has 53 heavy (non-hydrogen) atoms. The van der Waals surface area contributed by atoms with Crippen molar-refractivity contribution < 1.29 is 39.2 Å². The Labute approximate surface area is 313 Å². The maximum Gasteiger partial charge on any atom is 0.407 e. The third-order valence-electron chi connectivity index (χ3n) is 8.74. The third-order valence-corrected chi connectivity index (χ3v) is 8.74. The van der Waals surface area contributed by atoms with E-state index >= 15 is 0 Å². The van der Waals surface area contributed by atoms with E-state index in [1.54, 1.807) is 20.8 Å². The number of amides is 3. The van der Waals surface area contributed by atoms with Crippen LogP contribution in [0.3, 0.4) is 0 Å². The van der Waals surface area contributed by atoms with Crippen LogP contribution in [0.25, 0.3) is 0 Å². The molecule has 0 fully saturated rings. The van der Waals surface area contributed by atoms with Crippen LogP contribution >= 0.6 is 0 Å². The second-order valence-corrected chi connectivity index (χ2v) is 15.3. The van der Waals surface area contributed by atoms with E-state index in [0.29, 0.717) is 6.61 Å². The normalized spacial score (nSPS) is 14.6. The Bertz CT molecular complexity index is 1530. The SMILES string of the molecule is CC(C)(C)[C@H](NC(=O)OCCOCc1ccccc1)C(=O)N[C@@H](Cc1ccccc1)[C@H](O)CNC[C@@H](O)[C@H](Cc1ccccc1)N(C(=O)[O-])C(C)(C)C. The average Bonchev–Trinajstić information content (AvgIpc) is 3.09. The molecular formula is C41H57N4O8-. The van der Waals surface area contributed by atoms with Crippen LogP contribution in [0.15, 0.2) is 91.0 Å². The molecular weight excluding hydrogens is 676 g/mol. The first-order valence-corrected chi connectivity index (χ1v) is 18.1. The molecule has 0 aliphatic carbocycles. The Morgan fingerprint density at radius 2 is 1.23 bits per heavy atom. The number of hydrogen-bond acceptors (Lipinski definition) is 9. The van der Waals surface area contributed by atoms with Crippen molar-refractivity contribution >= 4 is 18.1 Å². The van der Waals surface area contributed by atoms with Gasteiger partial charge < -0.3 is 50.4 Å². The summed E-state index contributed by atoms with van der Waals surface area (Å²) >= 11 is 0. The molecule has 12 heteroatoms. The molecule has 0 bridgehead atoms. The van der Waals surface area contributed by atoms with Crippen molar-refractivity contribution in [2.24, 2.45) is 5.41 Å². The highest BCUT2D eigenvalue weighted by atomic mass is 16.6. The molecule has 0 aromatic heterocycles. The molecule has 5 N–H and O–H groups in total. The second-order valence-electron chi connectivity index (χ2n) is 15.3. The number of benzene rings is 3. The fourth-order valence-corrected chi connectivity index (χ4v) is 6.03. The van der Waals surface area contributed by atoms with E-state index in [0.717, 1.165) is 21.6 Å². The Morgan fingerprint density at radius 3 is 1.74 bits per heavy atom. The number of ether oxygens (including phenoxy) is 2. The summed E-state index contributed by atoms with van der Waals surface area (Å²) < 4.78 is 10.9. The van der Waals surface area contributed by atoms with Gasteiger partial charge in [-0.3, -0.25) is 4.79 Å². The number of hydrogen-bond donors (Lipinski definition) is 5. The van der Waals surface area contributed by atoms with Crippen molar-refractivity contribution in [2.45, 2.75) is 96.9 Å². The Hall–Kier alpha value is -4.49. The van der Waals surface area contributed by atoms with Crippen molar-refractivity contribution in [1.29, 1.82) is 0 Å². The van der Waals surface area contributed by atoms with Gasteiger partial charge in [-0.1, -0.05) is 112 Å². The molecule has 5 atom stereocenters. The van der Waals surface area contributed by atoms with Crippen LogP contribution in [0.1, 0.15) is 58.2 Å². The van der Waals surface area contributed by atoms with Crippen LogP contribution in [0, 0.1) is 5.41 Å². The maximum atomic E-state index is 13.8. The lowest BCUT2D eigenvalue weighted by atomic mass is 9.85. The van der Waals surface area contributed by atoms with Gasteiger partial charge in [-0.05, 0) is 55.7 Å². The van der Waals surface area contributed by atoms with Crippen molar-refractivity contribution in [3.05, 3.63) is 108 Å². The fourth-order valence-electron chi connectivity index (χ4n) is 6.03. The van der Waals surface area contributed by atoms with Crippen LogP contribution in [0.4, 0.5) is 9.59 Å². The van der Waals surface area contributed by atoms with Gasteiger partial charge in [-0.25, -0.2) is 4.79 Å².